The maximum absolute atomic E-state index is 5.48. The zero-order chi connectivity index (χ0) is 13.5. The lowest BCUT2D eigenvalue weighted by atomic mass is 9.75. The Labute approximate surface area is 119 Å². The Bertz CT molecular complexity index is 647. The van der Waals surface area contributed by atoms with Crippen molar-refractivity contribution < 1.29 is 0 Å². The lowest BCUT2D eigenvalue weighted by molar-refractivity contribution is 0.184. The van der Waals surface area contributed by atoms with Gasteiger partial charge < -0.3 is 9.55 Å². The highest BCUT2D eigenvalue weighted by Crippen LogP contribution is 2.37. The Balaban J connectivity index is 2.02. The van der Waals surface area contributed by atoms with E-state index in [4.69, 9.17) is 12.2 Å². The average molecular weight is 275 g/mol. The maximum atomic E-state index is 5.48. The summed E-state index contributed by atoms with van der Waals surface area (Å²) in [5.74, 6) is 0. The molecule has 2 aromatic rings. The van der Waals surface area contributed by atoms with Crippen molar-refractivity contribution in [2.24, 2.45) is 5.41 Å². The molecule has 0 bridgehead atoms. The number of pyridine rings is 1. The van der Waals surface area contributed by atoms with E-state index < -0.39 is 0 Å². The number of aromatic amines is 1. The van der Waals surface area contributed by atoms with E-state index in [1.54, 1.807) is 0 Å². The molecular formula is C15H21N3S. The van der Waals surface area contributed by atoms with Crippen molar-refractivity contribution in [1.82, 2.24) is 14.5 Å². The van der Waals surface area contributed by atoms with Gasteiger partial charge in [0.15, 0.2) is 10.4 Å². The van der Waals surface area contributed by atoms with Crippen LogP contribution in [0.1, 0.15) is 44.7 Å². The number of fused-ring (bicyclic) bond motifs is 1. The minimum atomic E-state index is 0.372. The van der Waals surface area contributed by atoms with Gasteiger partial charge in [-0.05, 0) is 49.5 Å². The van der Waals surface area contributed by atoms with Gasteiger partial charge in [0.05, 0.1) is 5.52 Å². The van der Waals surface area contributed by atoms with E-state index in [-0.39, 0.29) is 0 Å². The van der Waals surface area contributed by atoms with Crippen LogP contribution in [0.25, 0.3) is 11.2 Å². The first kappa shape index (κ1) is 12.9. The van der Waals surface area contributed by atoms with Gasteiger partial charge in [0.25, 0.3) is 0 Å². The van der Waals surface area contributed by atoms with Gasteiger partial charge in [-0.3, -0.25) is 0 Å². The SMILES string of the molecule is Cc1ccc2[nH]c(=S)n(CC3(C)CCCCC3)c2n1. The van der Waals surface area contributed by atoms with Crippen LogP contribution in [0.4, 0.5) is 0 Å². The molecular weight excluding hydrogens is 254 g/mol. The van der Waals surface area contributed by atoms with Crippen molar-refractivity contribution in [2.45, 2.75) is 52.5 Å². The summed E-state index contributed by atoms with van der Waals surface area (Å²) in [7, 11) is 0. The van der Waals surface area contributed by atoms with E-state index >= 15 is 0 Å². The molecule has 3 rings (SSSR count). The van der Waals surface area contributed by atoms with Gasteiger partial charge >= 0.3 is 0 Å². The molecule has 1 saturated carbocycles. The summed E-state index contributed by atoms with van der Waals surface area (Å²) in [5.41, 5.74) is 3.48. The number of aryl methyl sites for hydroxylation is 1. The van der Waals surface area contributed by atoms with Crippen molar-refractivity contribution in [3.8, 4) is 0 Å². The van der Waals surface area contributed by atoms with Crippen LogP contribution in [0.3, 0.4) is 0 Å². The normalized spacial score (nSPS) is 18.8. The molecule has 1 aliphatic carbocycles. The van der Waals surface area contributed by atoms with Crippen LogP contribution in [0.2, 0.25) is 0 Å². The van der Waals surface area contributed by atoms with Crippen molar-refractivity contribution >= 4 is 23.4 Å². The van der Waals surface area contributed by atoms with Gasteiger partial charge in [0.1, 0.15) is 0 Å². The van der Waals surface area contributed by atoms with Crippen LogP contribution in [0, 0.1) is 17.1 Å². The number of hydrogen-bond donors (Lipinski definition) is 1. The molecule has 3 nitrogen and oxygen atoms in total. The van der Waals surface area contributed by atoms with Crippen molar-refractivity contribution in [2.75, 3.05) is 0 Å². The second-order valence-corrected chi connectivity index (χ2v) is 6.60. The molecule has 0 spiro atoms. The van der Waals surface area contributed by atoms with E-state index in [2.05, 4.69) is 27.5 Å². The van der Waals surface area contributed by atoms with Crippen molar-refractivity contribution in [1.29, 1.82) is 0 Å². The summed E-state index contributed by atoms with van der Waals surface area (Å²) in [6, 6.07) is 4.10. The van der Waals surface area contributed by atoms with Gasteiger partial charge in [0, 0.05) is 12.2 Å². The third-order valence-corrected chi connectivity index (χ3v) is 4.68. The molecule has 102 valence electrons. The summed E-state index contributed by atoms with van der Waals surface area (Å²) in [4.78, 5) is 7.93. The fourth-order valence-corrected chi connectivity index (χ4v) is 3.48. The molecule has 0 aromatic carbocycles. The number of hydrogen-bond acceptors (Lipinski definition) is 2. The third-order valence-electron chi connectivity index (χ3n) is 4.36. The van der Waals surface area contributed by atoms with Crippen molar-refractivity contribution in [3.63, 3.8) is 0 Å². The molecule has 0 saturated heterocycles. The minimum Gasteiger partial charge on any atom is -0.329 e. The third kappa shape index (κ3) is 2.46. The van der Waals surface area contributed by atoms with Gasteiger partial charge in [-0.2, -0.15) is 0 Å². The predicted octanol–water partition coefficient (Wildman–Crippen LogP) is 4.37. The molecule has 2 aromatic heterocycles. The summed E-state index contributed by atoms with van der Waals surface area (Å²) in [6.07, 6.45) is 6.67. The highest BCUT2D eigenvalue weighted by molar-refractivity contribution is 7.71. The smallest absolute Gasteiger partial charge is 0.179 e. The molecule has 1 fully saturated rings. The first-order valence-corrected chi connectivity index (χ1v) is 7.54. The second kappa shape index (κ2) is 4.75. The topological polar surface area (TPSA) is 33.6 Å². The van der Waals surface area contributed by atoms with Crippen molar-refractivity contribution in [3.05, 3.63) is 22.6 Å². The first-order chi connectivity index (χ1) is 9.07. The quantitative estimate of drug-likeness (QED) is 0.826. The van der Waals surface area contributed by atoms with Gasteiger partial charge in [-0.15, -0.1) is 0 Å². The molecule has 0 unspecified atom stereocenters. The molecule has 4 heteroatoms. The first-order valence-electron chi connectivity index (χ1n) is 7.14. The fraction of sp³-hybridized carbons (Fsp3) is 0.600. The van der Waals surface area contributed by atoms with Gasteiger partial charge in [0.2, 0.25) is 0 Å². The summed E-state index contributed by atoms with van der Waals surface area (Å²) >= 11 is 5.48. The van der Waals surface area contributed by atoms with Crippen LogP contribution >= 0.6 is 12.2 Å². The Morgan fingerprint density at radius 2 is 2.05 bits per heavy atom. The molecule has 0 amide bonds. The van der Waals surface area contributed by atoms with Crippen LogP contribution in [0.5, 0.6) is 0 Å². The Morgan fingerprint density at radius 3 is 2.79 bits per heavy atom. The molecule has 0 atom stereocenters. The lowest BCUT2D eigenvalue weighted by Gasteiger charge is -2.33. The summed E-state index contributed by atoms with van der Waals surface area (Å²) in [6.45, 7) is 5.41. The number of aromatic nitrogens is 3. The highest BCUT2D eigenvalue weighted by Gasteiger charge is 2.28. The Hall–Kier alpha value is -1.16. The largest absolute Gasteiger partial charge is 0.329 e. The number of H-pyrrole nitrogens is 1. The Morgan fingerprint density at radius 1 is 1.32 bits per heavy atom. The van der Waals surface area contributed by atoms with E-state index in [0.29, 0.717) is 5.41 Å². The van der Waals surface area contributed by atoms with Crippen LogP contribution < -0.4 is 0 Å². The van der Waals surface area contributed by atoms with Gasteiger partial charge in [-0.1, -0.05) is 26.2 Å². The Kier molecular flexibility index (Phi) is 3.21. The van der Waals surface area contributed by atoms with E-state index in [1.807, 2.05) is 13.0 Å². The average Bonchev–Trinajstić information content (AvgIpc) is 2.67. The van der Waals surface area contributed by atoms with Crippen LogP contribution in [0.15, 0.2) is 12.1 Å². The summed E-state index contributed by atoms with van der Waals surface area (Å²) < 4.78 is 3.00. The molecule has 0 radical (unpaired) electrons. The van der Waals surface area contributed by atoms with Gasteiger partial charge in [-0.25, -0.2) is 4.98 Å². The number of nitrogens with zero attached hydrogens (tertiary/aromatic N) is 2. The fourth-order valence-electron chi connectivity index (χ4n) is 3.22. The molecule has 2 heterocycles. The highest BCUT2D eigenvalue weighted by atomic mass is 32.1. The van der Waals surface area contributed by atoms with E-state index in [9.17, 15) is 0 Å². The lowest BCUT2D eigenvalue weighted by Crippen LogP contribution is -2.26. The number of imidazole rings is 1. The standard InChI is InChI=1S/C15H21N3S/c1-11-6-7-12-13(16-11)18(14(19)17-12)10-15(2)8-4-3-5-9-15/h6-7H,3-5,8-10H2,1-2H3,(H,17,19). The van der Waals surface area contributed by atoms with Crippen LogP contribution in [-0.4, -0.2) is 14.5 Å². The second-order valence-electron chi connectivity index (χ2n) is 6.21. The monoisotopic (exact) mass is 275 g/mol. The number of nitrogens with one attached hydrogen (secondary N) is 1. The molecule has 1 N–H and O–H groups in total. The molecule has 0 aliphatic heterocycles. The van der Waals surface area contributed by atoms with E-state index in [1.165, 1.54) is 32.1 Å². The summed E-state index contributed by atoms with van der Waals surface area (Å²) in [5, 5.41) is 0. The maximum Gasteiger partial charge on any atom is 0.179 e. The predicted molar refractivity (Wildman–Crippen MR) is 80.8 cm³/mol. The molecule has 19 heavy (non-hydrogen) atoms. The zero-order valence-corrected chi connectivity index (χ0v) is 12.5. The number of rotatable bonds is 2. The molecule has 1 aliphatic rings. The minimum absolute atomic E-state index is 0.372. The zero-order valence-electron chi connectivity index (χ0n) is 11.7. The van der Waals surface area contributed by atoms with E-state index in [0.717, 1.165) is 28.2 Å². The van der Waals surface area contributed by atoms with Crippen LogP contribution in [-0.2, 0) is 6.54 Å².